The summed E-state index contributed by atoms with van der Waals surface area (Å²) in [6.45, 7) is 7.68. The van der Waals surface area contributed by atoms with Crippen molar-refractivity contribution in [1.82, 2.24) is 4.90 Å². The van der Waals surface area contributed by atoms with Gasteiger partial charge < -0.3 is 19.1 Å². The number of hydrogen-bond donors (Lipinski definition) is 0. The summed E-state index contributed by atoms with van der Waals surface area (Å²) in [5, 5.41) is 0. The smallest absolute Gasteiger partial charge is 0.309 e. The third-order valence-electron chi connectivity index (χ3n) is 9.96. The highest BCUT2D eigenvalue weighted by atomic mass is 16.5. The van der Waals surface area contributed by atoms with Crippen LogP contribution in [-0.4, -0.2) is 62.8 Å². The number of allylic oxidation sites excluding steroid dienone is 2. The average Bonchev–Trinajstić information content (AvgIpc) is 3.11. The molecule has 7 nitrogen and oxygen atoms in total. The number of nitrogens with zero attached hydrogens (tertiary/aromatic N) is 1. The van der Waals surface area contributed by atoms with Crippen LogP contribution < -0.4 is 0 Å². The highest BCUT2D eigenvalue weighted by Crippen LogP contribution is 2.22. The average molecular weight is 704 g/mol. The maximum Gasteiger partial charge on any atom is 0.309 e. The molecule has 50 heavy (non-hydrogen) atoms. The second kappa shape index (κ2) is 34.0. The van der Waals surface area contributed by atoms with E-state index >= 15 is 0 Å². The summed E-state index contributed by atoms with van der Waals surface area (Å²) < 4.78 is 16.6. The highest BCUT2D eigenvalue weighted by molar-refractivity contribution is 5.72. The van der Waals surface area contributed by atoms with E-state index in [1.807, 2.05) is 12.2 Å². The first-order valence-electron chi connectivity index (χ1n) is 20.9. The van der Waals surface area contributed by atoms with Crippen molar-refractivity contribution >= 4 is 17.9 Å². The van der Waals surface area contributed by atoms with Gasteiger partial charge in [-0.05, 0) is 90.3 Å². The third kappa shape index (κ3) is 28.5. The van der Waals surface area contributed by atoms with Crippen LogP contribution in [0, 0.1) is 11.8 Å². The van der Waals surface area contributed by atoms with Crippen molar-refractivity contribution in [3.8, 4) is 0 Å². The minimum atomic E-state index is -0.0942. The number of carbonyl (C=O) groups is 3. The first-order chi connectivity index (χ1) is 24.5. The monoisotopic (exact) mass is 704 g/mol. The maximum absolute atomic E-state index is 12.8. The summed E-state index contributed by atoms with van der Waals surface area (Å²) in [6.07, 6.45) is 35.9. The van der Waals surface area contributed by atoms with E-state index in [1.165, 1.54) is 51.4 Å². The number of rotatable bonds is 33. The summed E-state index contributed by atoms with van der Waals surface area (Å²) in [5.74, 6) is 0.247. The predicted molar refractivity (Wildman–Crippen MR) is 207 cm³/mol. The lowest BCUT2D eigenvalue weighted by Gasteiger charge is -2.28. The molecule has 0 aromatic heterocycles. The molecule has 0 atom stereocenters. The van der Waals surface area contributed by atoms with E-state index in [1.54, 1.807) is 0 Å². The molecule has 1 rings (SSSR count). The fourth-order valence-electron chi connectivity index (χ4n) is 6.51. The van der Waals surface area contributed by atoms with Crippen LogP contribution in [0.5, 0.6) is 0 Å². The van der Waals surface area contributed by atoms with Crippen molar-refractivity contribution < 1.29 is 28.6 Å². The van der Waals surface area contributed by atoms with Gasteiger partial charge in [0.25, 0.3) is 0 Å². The Hall–Kier alpha value is -2.15. The Kier molecular flexibility index (Phi) is 31.2. The van der Waals surface area contributed by atoms with Crippen LogP contribution in [-0.2, 0) is 28.6 Å². The molecule has 0 aromatic carbocycles. The number of unbranched alkanes of at least 4 members (excludes halogenated alkanes) is 16. The van der Waals surface area contributed by atoms with Gasteiger partial charge in [0.1, 0.15) is 13.2 Å². The van der Waals surface area contributed by atoms with Crippen LogP contribution in [0.25, 0.3) is 0 Å². The molecule has 1 aliphatic rings. The normalized spacial score (nSPS) is 14.2. The predicted octanol–water partition coefficient (Wildman–Crippen LogP) is 11.1. The van der Waals surface area contributed by atoms with Crippen molar-refractivity contribution in [2.75, 3.05) is 40.0 Å². The Morgan fingerprint density at radius 3 is 1.50 bits per heavy atom. The topological polar surface area (TPSA) is 82.1 Å². The lowest BCUT2D eigenvalue weighted by atomic mass is 9.94. The van der Waals surface area contributed by atoms with Crippen LogP contribution in [0.15, 0.2) is 24.3 Å². The minimum Gasteiger partial charge on any atom is -0.465 e. The zero-order valence-corrected chi connectivity index (χ0v) is 32.8. The molecule has 0 aliphatic carbocycles. The second-order valence-electron chi connectivity index (χ2n) is 14.7. The number of piperidine rings is 1. The standard InChI is InChI=1S/C43H77NO6/c1-4-6-8-10-12-20-26-36-48-41(45)30-24-18-14-16-22-28-39(38-50-43(47)40-32-34-44(3)35-33-40)29-23-17-15-19-25-31-42(46)49-37-27-21-13-11-9-7-5-2/h20-21,26-27,39-40H,4-19,22-25,28-38H2,1-3H3/b26-20-,27-21-. The van der Waals surface area contributed by atoms with Crippen LogP contribution in [0.4, 0.5) is 0 Å². The molecule has 7 heteroatoms. The van der Waals surface area contributed by atoms with Gasteiger partial charge in [-0.2, -0.15) is 0 Å². The van der Waals surface area contributed by atoms with Gasteiger partial charge in [-0.3, -0.25) is 14.4 Å². The minimum absolute atomic E-state index is 0.00759. The quantitative estimate of drug-likeness (QED) is 0.0291. The second-order valence-corrected chi connectivity index (χ2v) is 14.7. The summed E-state index contributed by atoms with van der Waals surface area (Å²) in [5.41, 5.74) is 0. The number of hydrogen-bond acceptors (Lipinski definition) is 7. The van der Waals surface area contributed by atoms with E-state index in [-0.39, 0.29) is 23.8 Å². The zero-order valence-electron chi connectivity index (χ0n) is 32.8. The van der Waals surface area contributed by atoms with Crippen molar-refractivity contribution in [3.63, 3.8) is 0 Å². The van der Waals surface area contributed by atoms with Crippen molar-refractivity contribution in [1.29, 1.82) is 0 Å². The van der Waals surface area contributed by atoms with Crippen molar-refractivity contribution in [2.24, 2.45) is 11.8 Å². The fourth-order valence-corrected chi connectivity index (χ4v) is 6.51. The van der Waals surface area contributed by atoms with Crippen LogP contribution in [0.1, 0.15) is 181 Å². The van der Waals surface area contributed by atoms with E-state index in [0.717, 1.165) is 116 Å². The lowest BCUT2D eigenvalue weighted by molar-refractivity contribution is -0.151. The molecule has 0 bridgehead atoms. The van der Waals surface area contributed by atoms with Gasteiger partial charge >= 0.3 is 17.9 Å². The van der Waals surface area contributed by atoms with E-state index < -0.39 is 0 Å². The maximum atomic E-state index is 12.8. The first kappa shape index (κ1) is 45.9. The van der Waals surface area contributed by atoms with Gasteiger partial charge in [0.05, 0.1) is 12.5 Å². The van der Waals surface area contributed by atoms with Gasteiger partial charge in [0.2, 0.25) is 0 Å². The molecular weight excluding hydrogens is 626 g/mol. The summed E-state index contributed by atoms with van der Waals surface area (Å²) in [4.78, 5) is 39.1. The molecule has 0 aromatic rings. The van der Waals surface area contributed by atoms with Gasteiger partial charge in [-0.15, -0.1) is 0 Å². The van der Waals surface area contributed by atoms with Gasteiger partial charge in [-0.25, -0.2) is 0 Å². The molecule has 0 unspecified atom stereocenters. The molecule has 1 saturated heterocycles. The number of likely N-dealkylation sites (tertiary alicyclic amines) is 1. The lowest BCUT2D eigenvalue weighted by Crippen LogP contribution is -2.34. The molecule has 0 amide bonds. The highest BCUT2D eigenvalue weighted by Gasteiger charge is 2.25. The van der Waals surface area contributed by atoms with Crippen molar-refractivity contribution in [3.05, 3.63) is 24.3 Å². The molecule has 290 valence electrons. The Bertz CT molecular complexity index is 827. The van der Waals surface area contributed by atoms with Crippen LogP contribution in [0.3, 0.4) is 0 Å². The molecule has 0 saturated carbocycles. The van der Waals surface area contributed by atoms with E-state index in [4.69, 9.17) is 14.2 Å². The Labute approximate surface area is 307 Å². The van der Waals surface area contributed by atoms with E-state index in [9.17, 15) is 14.4 Å². The molecule has 0 N–H and O–H groups in total. The molecule has 1 fully saturated rings. The largest absolute Gasteiger partial charge is 0.465 e. The number of esters is 3. The number of carbonyl (C=O) groups excluding carboxylic acids is 3. The Morgan fingerprint density at radius 2 is 1.02 bits per heavy atom. The first-order valence-corrected chi connectivity index (χ1v) is 20.9. The molecular formula is C43H77NO6. The Balaban J connectivity index is 2.22. The molecule has 1 aliphatic heterocycles. The van der Waals surface area contributed by atoms with Gasteiger partial charge in [-0.1, -0.05) is 128 Å². The van der Waals surface area contributed by atoms with Crippen LogP contribution in [0.2, 0.25) is 0 Å². The van der Waals surface area contributed by atoms with Gasteiger partial charge in [0, 0.05) is 12.8 Å². The van der Waals surface area contributed by atoms with Crippen molar-refractivity contribution in [2.45, 2.75) is 181 Å². The van der Waals surface area contributed by atoms with Gasteiger partial charge in [0.15, 0.2) is 0 Å². The van der Waals surface area contributed by atoms with E-state index in [0.29, 0.717) is 38.6 Å². The summed E-state index contributed by atoms with van der Waals surface area (Å²) in [7, 11) is 2.11. The SMILES string of the molecule is CCCCCC/C=C\COC(=O)CCCCCCCC(CCCCCCCC(=O)OC/C=C\CCCCCC)COC(=O)C1CCN(C)CC1. The molecule has 0 spiro atoms. The summed E-state index contributed by atoms with van der Waals surface area (Å²) in [6, 6.07) is 0. The van der Waals surface area contributed by atoms with E-state index in [2.05, 4.69) is 37.9 Å². The third-order valence-corrected chi connectivity index (χ3v) is 9.96. The fraction of sp³-hybridized carbons (Fsp3) is 0.837. The molecule has 0 radical (unpaired) electrons. The zero-order chi connectivity index (χ0) is 36.3. The summed E-state index contributed by atoms with van der Waals surface area (Å²) >= 11 is 0. The number of ether oxygens (including phenoxy) is 3. The van der Waals surface area contributed by atoms with Crippen LogP contribution >= 0.6 is 0 Å². The molecule has 1 heterocycles. The Morgan fingerprint density at radius 1 is 0.580 bits per heavy atom.